The van der Waals surface area contributed by atoms with E-state index in [4.69, 9.17) is 23.1 Å². The normalized spacial score (nSPS) is 15.7. The Morgan fingerprint density at radius 1 is 1.10 bits per heavy atom. The van der Waals surface area contributed by atoms with Gasteiger partial charge in [-0.3, -0.25) is 10.1 Å². The van der Waals surface area contributed by atoms with Crippen molar-refractivity contribution in [1.82, 2.24) is 0 Å². The van der Waals surface area contributed by atoms with Crippen LogP contribution in [0.1, 0.15) is 18.6 Å². The van der Waals surface area contributed by atoms with Gasteiger partial charge in [0, 0.05) is 0 Å². The molecule has 0 radical (unpaired) electrons. The van der Waals surface area contributed by atoms with Crippen LogP contribution in [0.25, 0.3) is 0 Å². The van der Waals surface area contributed by atoms with Crippen molar-refractivity contribution in [1.29, 1.82) is 0 Å². The summed E-state index contributed by atoms with van der Waals surface area (Å²) in [5, 5.41) is 11.8. The number of nitrogens with zero attached hydrogens (tertiary/aromatic N) is 1. The van der Waals surface area contributed by atoms with Crippen molar-refractivity contribution in [3.8, 4) is 11.5 Å². The van der Waals surface area contributed by atoms with Crippen LogP contribution in [0.5, 0.6) is 11.5 Å². The first-order valence-electron chi connectivity index (χ1n) is 9.42. The molecule has 0 spiro atoms. The van der Waals surface area contributed by atoms with Crippen molar-refractivity contribution in [2.75, 3.05) is 13.4 Å². The lowest BCUT2D eigenvalue weighted by Gasteiger charge is -2.34. The molecule has 1 aliphatic heterocycles. The summed E-state index contributed by atoms with van der Waals surface area (Å²) in [5.41, 5.74) is -0.0102. The molecule has 0 saturated heterocycles. The maximum absolute atomic E-state index is 12.8. The van der Waals surface area contributed by atoms with Gasteiger partial charge in [0.1, 0.15) is 6.10 Å². The van der Waals surface area contributed by atoms with Crippen LogP contribution in [0.3, 0.4) is 0 Å². The number of nitro benzene ring substituents is 1. The van der Waals surface area contributed by atoms with Crippen LogP contribution < -0.4 is 9.47 Å². The zero-order valence-corrected chi connectivity index (χ0v) is 19.9. The van der Waals surface area contributed by atoms with Gasteiger partial charge >= 0.3 is 5.97 Å². The van der Waals surface area contributed by atoms with E-state index in [2.05, 4.69) is 0 Å². The van der Waals surface area contributed by atoms with E-state index in [0.717, 1.165) is 0 Å². The van der Waals surface area contributed by atoms with E-state index in [0.29, 0.717) is 5.75 Å². The quantitative estimate of drug-likeness (QED) is 0.244. The molecule has 2 unspecified atom stereocenters. The molecule has 9 nitrogen and oxygen atoms in total. The van der Waals surface area contributed by atoms with E-state index in [9.17, 15) is 14.9 Å². The average Bonchev–Trinajstić information content (AvgIpc) is 3.02. The Morgan fingerprint density at radius 2 is 1.66 bits per heavy atom. The second-order valence-electron chi connectivity index (χ2n) is 8.58. The highest BCUT2D eigenvalue weighted by Gasteiger charge is 2.42. The number of ether oxygens (including phenoxy) is 3. The second-order valence-corrected chi connectivity index (χ2v) is 17.5. The molecule has 2 rings (SSSR count). The smallest absolute Gasteiger partial charge is 0.337 e. The molecule has 0 amide bonds. The number of nitro groups is 1. The monoisotopic (exact) mass is 443 g/mol. The largest absolute Gasteiger partial charge is 0.464 e. The zero-order chi connectivity index (χ0) is 22.0. The number of carbonyl (C=O) groups excluding carboxylic acids is 1. The molecule has 1 heterocycles. The fourth-order valence-corrected chi connectivity index (χ4v) is 4.84. The predicted molar refractivity (Wildman–Crippen MR) is 111 cm³/mol. The summed E-state index contributed by atoms with van der Waals surface area (Å²) in [6, 6.07) is 2.81. The highest BCUT2D eigenvalue weighted by molar-refractivity contribution is 6.70. The lowest BCUT2D eigenvalue weighted by atomic mass is 10.0. The minimum absolute atomic E-state index is 0.0256. The van der Waals surface area contributed by atoms with Crippen LogP contribution in [0.2, 0.25) is 39.3 Å². The summed E-state index contributed by atoms with van der Waals surface area (Å²) in [7, 11) is -4.50. The first kappa shape index (κ1) is 23.3. The van der Waals surface area contributed by atoms with E-state index >= 15 is 0 Å². The summed E-state index contributed by atoms with van der Waals surface area (Å²) in [5.74, 6) is 0.0431. The third-order valence-corrected chi connectivity index (χ3v) is 5.70. The Balaban J connectivity index is 2.65. The van der Waals surface area contributed by atoms with E-state index in [1.807, 2.05) is 39.3 Å². The van der Waals surface area contributed by atoms with E-state index in [1.54, 1.807) is 6.92 Å². The van der Waals surface area contributed by atoms with Crippen LogP contribution >= 0.6 is 0 Å². The Bertz CT molecular complexity index is 772. The molecular weight excluding hydrogens is 414 g/mol. The highest BCUT2D eigenvalue weighted by atomic mass is 28.4. The van der Waals surface area contributed by atoms with Crippen LogP contribution in [0.4, 0.5) is 5.69 Å². The SMILES string of the molecule is CCOC(=O)C(O[Si](C)(C)C)C(O[Si](C)(C)C)c1cc2c(cc1[N+](=O)[O-])OCO2. The van der Waals surface area contributed by atoms with Gasteiger partial charge < -0.3 is 23.1 Å². The van der Waals surface area contributed by atoms with Crippen molar-refractivity contribution < 1.29 is 32.8 Å². The van der Waals surface area contributed by atoms with Crippen LogP contribution in [-0.4, -0.2) is 47.0 Å². The lowest BCUT2D eigenvalue weighted by Crippen LogP contribution is -2.45. The summed E-state index contributed by atoms with van der Waals surface area (Å²) in [6.07, 6.45) is -2.14. The van der Waals surface area contributed by atoms with E-state index in [-0.39, 0.29) is 30.4 Å². The minimum Gasteiger partial charge on any atom is -0.464 e. The van der Waals surface area contributed by atoms with Crippen LogP contribution in [0.15, 0.2) is 12.1 Å². The lowest BCUT2D eigenvalue weighted by molar-refractivity contribution is -0.386. The Kier molecular flexibility index (Phi) is 7.09. The first-order valence-corrected chi connectivity index (χ1v) is 16.2. The Hall–Kier alpha value is -1.96. The average molecular weight is 444 g/mol. The van der Waals surface area contributed by atoms with Crippen molar-refractivity contribution in [2.45, 2.75) is 58.4 Å². The van der Waals surface area contributed by atoms with Gasteiger partial charge in [0.2, 0.25) is 6.79 Å². The molecule has 29 heavy (non-hydrogen) atoms. The fraction of sp³-hybridized carbons (Fsp3) is 0.611. The van der Waals surface area contributed by atoms with Gasteiger partial charge in [0.15, 0.2) is 34.2 Å². The maximum atomic E-state index is 12.8. The van der Waals surface area contributed by atoms with Crippen molar-refractivity contribution in [2.24, 2.45) is 0 Å². The van der Waals surface area contributed by atoms with Crippen LogP contribution in [0, 0.1) is 10.1 Å². The van der Waals surface area contributed by atoms with Crippen LogP contribution in [-0.2, 0) is 18.4 Å². The molecule has 0 saturated carbocycles. The van der Waals surface area contributed by atoms with Gasteiger partial charge in [-0.25, -0.2) is 4.79 Å². The Labute approximate surface area is 172 Å². The third-order valence-electron chi connectivity index (χ3n) is 3.78. The van der Waals surface area contributed by atoms with Gasteiger partial charge in [-0.2, -0.15) is 0 Å². The molecule has 1 aliphatic rings. The van der Waals surface area contributed by atoms with Crippen molar-refractivity contribution in [3.63, 3.8) is 0 Å². The summed E-state index contributed by atoms with van der Waals surface area (Å²) in [6.45, 7) is 13.4. The molecule has 1 aromatic carbocycles. The molecule has 0 aromatic heterocycles. The molecule has 11 heteroatoms. The zero-order valence-electron chi connectivity index (χ0n) is 17.9. The molecule has 0 bridgehead atoms. The Morgan fingerprint density at radius 3 is 2.14 bits per heavy atom. The second kappa shape index (κ2) is 8.82. The predicted octanol–water partition coefficient (Wildman–Crippen LogP) is 4.00. The minimum atomic E-state index is -2.26. The molecule has 0 fully saturated rings. The van der Waals surface area contributed by atoms with E-state index < -0.39 is 39.7 Å². The first-order chi connectivity index (χ1) is 13.3. The van der Waals surface area contributed by atoms with E-state index in [1.165, 1.54) is 12.1 Å². The molecule has 0 aliphatic carbocycles. The summed E-state index contributed by atoms with van der Waals surface area (Å²) in [4.78, 5) is 24.1. The number of fused-ring (bicyclic) bond motifs is 1. The molecule has 0 N–H and O–H groups in total. The number of rotatable bonds is 9. The van der Waals surface area contributed by atoms with Gasteiger partial charge in [0.25, 0.3) is 5.69 Å². The fourth-order valence-electron chi connectivity index (χ4n) is 2.84. The van der Waals surface area contributed by atoms with Gasteiger partial charge in [-0.15, -0.1) is 0 Å². The topological polar surface area (TPSA) is 106 Å². The molecule has 1 aromatic rings. The third kappa shape index (κ3) is 6.26. The molecular formula is C18H29NO8Si2. The van der Waals surface area contributed by atoms with Gasteiger partial charge in [-0.1, -0.05) is 0 Å². The summed E-state index contributed by atoms with van der Waals surface area (Å²) >= 11 is 0. The number of benzene rings is 1. The number of carbonyl (C=O) groups is 1. The standard InChI is InChI=1S/C18H29NO8Si2/c1-8-23-18(20)17(27-29(5,6)7)16(26-28(2,3)4)12-9-14-15(25-11-24-14)10-13(12)19(21)22/h9-10,16-17H,8,11H2,1-7H3. The molecule has 2 atom stereocenters. The molecule has 162 valence electrons. The highest BCUT2D eigenvalue weighted by Crippen LogP contribution is 2.43. The van der Waals surface area contributed by atoms with Gasteiger partial charge in [0.05, 0.1) is 23.2 Å². The van der Waals surface area contributed by atoms with Crippen molar-refractivity contribution >= 4 is 28.3 Å². The number of esters is 1. The number of hydrogen-bond acceptors (Lipinski definition) is 8. The number of hydrogen-bond donors (Lipinski definition) is 0. The van der Waals surface area contributed by atoms with Crippen molar-refractivity contribution in [3.05, 3.63) is 27.8 Å². The summed E-state index contributed by atoms with van der Waals surface area (Å²) < 4.78 is 28.3. The maximum Gasteiger partial charge on any atom is 0.337 e. The van der Waals surface area contributed by atoms with Gasteiger partial charge in [-0.05, 0) is 52.3 Å².